The highest BCUT2D eigenvalue weighted by molar-refractivity contribution is 5.61. The summed E-state index contributed by atoms with van der Waals surface area (Å²) in [4.78, 5) is 2.77. The first-order valence-electron chi connectivity index (χ1n) is 11.6. The molecule has 0 amide bonds. The van der Waals surface area contributed by atoms with Gasteiger partial charge in [0.25, 0.3) is 0 Å². The van der Waals surface area contributed by atoms with Crippen molar-refractivity contribution in [2.24, 2.45) is 36.6 Å². The van der Waals surface area contributed by atoms with Gasteiger partial charge in [-0.3, -0.25) is 4.68 Å². The van der Waals surface area contributed by atoms with E-state index in [1.807, 2.05) is 24.9 Å². The van der Waals surface area contributed by atoms with Crippen LogP contribution in [0.5, 0.6) is 0 Å². The highest BCUT2D eigenvalue weighted by Crippen LogP contribution is 2.45. The molecular formula is C24H32N6. The van der Waals surface area contributed by atoms with Crippen molar-refractivity contribution in [2.75, 3.05) is 25.0 Å². The molecule has 2 bridgehead atoms. The van der Waals surface area contributed by atoms with E-state index < -0.39 is 0 Å². The zero-order chi connectivity index (χ0) is 20.2. The molecule has 6 nitrogen and oxygen atoms in total. The number of rotatable bonds is 5. The lowest BCUT2D eigenvalue weighted by Gasteiger charge is -2.26. The highest BCUT2D eigenvalue weighted by atomic mass is 15.3. The first-order valence-corrected chi connectivity index (χ1v) is 11.6. The van der Waals surface area contributed by atoms with Crippen LogP contribution in [-0.4, -0.2) is 50.6 Å². The number of aryl methyl sites for hydroxylation is 2. The number of aromatic nitrogens is 4. The quantitative estimate of drug-likeness (QED) is 0.773. The summed E-state index contributed by atoms with van der Waals surface area (Å²) in [5.74, 6) is 5.29. The number of nitrogens with one attached hydrogen (secondary N) is 1. The molecule has 4 aliphatic rings. The maximum absolute atomic E-state index is 4.45. The van der Waals surface area contributed by atoms with E-state index in [1.165, 1.54) is 45.3 Å². The van der Waals surface area contributed by atoms with Crippen molar-refractivity contribution in [2.45, 2.75) is 38.6 Å². The summed E-state index contributed by atoms with van der Waals surface area (Å²) in [5, 5.41) is 17.0. The van der Waals surface area contributed by atoms with Crippen LogP contribution >= 0.6 is 0 Å². The highest BCUT2D eigenvalue weighted by Gasteiger charge is 2.43. The van der Waals surface area contributed by atoms with Gasteiger partial charge in [0.05, 0.1) is 11.4 Å². The molecule has 0 radical (unpaired) electrons. The molecule has 6 rings (SSSR count). The second kappa shape index (κ2) is 7.19. The van der Waals surface area contributed by atoms with E-state index in [1.54, 1.807) is 0 Å². The first kappa shape index (κ1) is 18.6. The molecule has 1 saturated heterocycles. The number of likely N-dealkylation sites (tertiary alicyclic amines) is 1. The number of hydrogen-bond acceptors (Lipinski definition) is 5. The SMILES string of the molecule is Cc1nn(C)cc1-c1ccc(NC2C[C@@H]3CN(CC4CC5C=CC4C5)C[C@@H]3C2)nn1. The van der Waals surface area contributed by atoms with Gasteiger partial charge in [-0.2, -0.15) is 5.10 Å². The normalized spacial score (nSPS) is 34.7. The van der Waals surface area contributed by atoms with E-state index in [0.717, 1.165) is 52.4 Å². The van der Waals surface area contributed by atoms with Crippen molar-refractivity contribution in [1.29, 1.82) is 0 Å². The maximum Gasteiger partial charge on any atom is 0.148 e. The summed E-state index contributed by atoms with van der Waals surface area (Å²) in [6.07, 6.45) is 12.4. The zero-order valence-electron chi connectivity index (χ0n) is 18.0. The molecule has 3 heterocycles. The largest absolute Gasteiger partial charge is 0.366 e. The van der Waals surface area contributed by atoms with Crippen molar-refractivity contribution in [1.82, 2.24) is 24.9 Å². The molecule has 2 aromatic rings. The van der Waals surface area contributed by atoms with Crippen LogP contribution < -0.4 is 5.32 Å². The fourth-order valence-electron chi connectivity index (χ4n) is 6.71. The fourth-order valence-corrected chi connectivity index (χ4v) is 6.71. The second-order valence-corrected chi connectivity index (χ2v) is 10.2. The molecule has 0 aromatic carbocycles. The van der Waals surface area contributed by atoms with Gasteiger partial charge >= 0.3 is 0 Å². The summed E-state index contributed by atoms with van der Waals surface area (Å²) in [7, 11) is 1.94. The first-order chi connectivity index (χ1) is 14.6. The molecule has 3 fully saturated rings. The molecule has 1 aliphatic heterocycles. The minimum absolute atomic E-state index is 0.535. The lowest BCUT2D eigenvalue weighted by atomic mass is 9.93. The predicted octanol–water partition coefficient (Wildman–Crippen LogP) is 3.52. The van der Waals surface area contributed by atoms with Gasteiger partial charge in [-0.25, -0.2) is 0 Å². The van der Waals surface area contributed by atoms with Gasteiger partial charge in [0.15, 0.2) is 0 Å². The van der Waals surface area contributed by atoms with E-state index in [0.29, 0.717) is 6.04 Å². The van der Waals surface area contributed by atoms with Gasteiger partial charge < -0.3 is 10.2 Å². The van der Waals surface area contributed by atoms with Crippen LogP contribution in [-0.2, 0) is 7.05 Å². The van der Waals surface area contributed by atoms with Crippen molar-refractivity contribution in [3.05, 3.63) is 36.2 Å². The molecule has 158 valence electrons. The molecule has 3 aliphatic carbocycles. The van der Waals surface area contributed by atoms with Crippen LogP contribution in [0.2, 0.25) is 0 Å². The Bertz CT molecular complexity index is 933. The number of allylic oxidation sites excluding steroid dienone is 2. The van der Waals surface area contributed by atoms with E-state index in [-0.39, 0.29) is 0 Å². The third-order valence-electron chi connectivity index (χ3n) is 8.04. The molecule has 6 atom stereocenters. The fraction of sp³-hybridized carbons (Fsp3) is 0.625. The number of anilines is 1. The van der Waals surface area contributed by atoms with E-state index in [4.69, 9.17) is 0 Å². The second-order valence-electron chi connectivity index (χ2n) is 10.2. The Morgan fingerprint density at radius 2 is 1.87 bits per heavy atom. The van der Waals surface area contributed by atoms with E-state index >= 15 is 0 Å². The van der Waals surface area contributed by atoms with Gasteiger partial charge in [-0.15, -0.1) is 10.2 Å². The Morgan fingerprint density at radius 3 is 2.47 bits per heavy atom. The Morgan fingerprint density at radius 1 is 1.03 bits per heavy atom. The molecule has 4 unspecified atom stereocenters. The van der Waals surface area contributed by atoms with Crippen molar-refractivity contribution in [3.8, 4) is 11.3 Å². The Kier molecular flexibility index (Phi) is 4.44. The molecule has 30 heavy (non-hydrogen) atoms. The van der Waals surface area contributed by atoms with Crippen molar-refractivity contribution < 1.29 is 0 Å². The smallest absolute Gasteiger partial charge is 0.148 e. The molecule has 1 N–H and O–H groups in total. The Balaban J connectivity index is 1.02. The third kappa shape index (κ3) is 3.35. The Labute approximate surface area is 178 Å². The molecule has 0 spiro atoms. The number of hydrogen-bond donors (Lipinski definition) is 1. The molecule has 2 saturated carbocycles. The Hall–Kier alpha value is -2.21. The van der Waals surface area contributed by atoms with E-state index in [9.17, 15) is 0 Å². The van der Waals surface area contributed by atoms with Crippen molar-refractivity contribution >= 4 is 5.82 Å². The van der Waals surface area contributed by atoms with Crippen LogP contribution in [0.1, 0.15) is 31.4 Å². The van der Waals surface area contributed by atoms with E-state index in [2.05, 4.69) is 49.8 Å². The predicted molar refractivity (Wildman–Crippen MR) is 118 cm³/mol. The monoisotopic (exact) mass is 404 g/mol. The summed E-state index contributed by atoms with van der Waals surface area (Å²) < 4.78 is 1.83. The maximum atomic E-state index is 4.45. The van der Waals surface area contributed by atoms with Crippen molar-refractivity contribution in [3.63, 3.8) is 0 Å². The summed E-state index contributed by atoms with van der Waals surface area (Å²) in [5.41, 5.74) is 2.93. The average Bonchev–Trinajstić information content (AvgIpc) is 3.51. The minimum atomic E-state index is 0.535. The number of fused-ring (bicyclic) bond motifs is 3. The molecular weight excluding hydrogens is 372 g/mol. The van der Waals surface area contributed by atoms with Crippen LogP contribution in [0, 0.1) is 36.5 Å². The lowest BCUT2D eigenvalue weighted by Crippen LogP contribution is -2.31. The van der Waals surface area contributed by atoms with Gasteiger partial charge in [0, 0.05) is 44.5 Å². The molecule has 6 heteroatoms. The van der Waals surface area contributed by atoms with Gasteiger partial charge in [-0.05, 0) is 74.3 Å². The zero-order valence-corrected chi connectivity index (χ0v) is 18.0. The third-order valence-corrected chi connectivity index (χ3v) is 8.04. The van der Waals surface area contributed by atoms with Crippen LogP contribution in [0.15, 0.2) is 30.5 Å². The number of nitrogens with zero attached hydrogens (tertiary/aromatic N) is 5. The summed E-state index contributed by atoms with van der Waals surface area (Å²) in [6, 6.07) is 4.66. The van der Waals surface area contributed by atoms with Crippen LogP contribution in [0.3, 0.4) is 0 Å². The topological polar surface area (TPSA) is 58.9 Å². The van der Waals surface area contributed by atoms with Crippen LogP contribution in [0.25, 0.3) is 11.3 Å². The lowest BCUT2D eigenvalue weighted by molar-refractivity contribution is 0.238. The van der Waals surface area contributed by atoms with Gasteiger partial charge in [0.2, 0.25) is 0 Å². The van der Waals surface area contributed by atoms with Gasteiger partial charge in [0.1, 0.15) is 5.82 Å². The molecule has 2 aromatic heterocycles. The minimum Gasteiger partial charge on any atom is -0.366 e. The summed E-state index contributed by atoms with van der Waals surface area (Å²) >= 11 is 0. The summed E-state index contributed by atoms with van der Waals surface area (Å²) in [6.45, 7) is 5.94. The standard InChI is InChI=1S/C24H32N6/c1-15-22(14-29(2)28-15)23-5-6-24(27-26-23)25-21-9-19-12-30(13-20(19)10-21)11-18-8-16-3-4-17(18)7-16/h3-6,14,16-21H,7-13H2,1-2H3,(H,25,27)/t16?,17?,18?,19-,20+,21?. The van der Waals surface area contributed by atoms with Crippen LogP contribution in [0.4, 0.5) is 5.82 Å². The average molecular weight is 405 g/mol. The van der Waals surface area contributed by atoms with Gasteiger partial charge in [-0.1, -0.05) is 12.2 Å².